The van der Waals surface area contributed by atoms with Crippen molar-refractivity contribution < 1.29 is 17.6 Å². The van der Waals surface area contributed by atoms with Crippen LogP contribution in [0.1, 0.15) is 17.5 Å². The van der Waals surface area contributed by atoms with Crippen molar-refractivity contribution >= 4 is 27.3 Å². The highest BCUT2D eigenvalue weighted by molar-refractivity contribution is 7.92. The van der Waals surface area contributed by atoms with Crippen LogP contribution in [0.2, 0.25) is 0 Å². The number of benzene rings is 2. The minimum absolute atomic E-state index is 0.201. The molecular weight excluding hydrogens is 343 g/mol. The average Bonchev–Trinajstić information content (AvgIpc) is 2.96. The number of anilines is 2. The van der Waals surface area contributed by atoms with E-state index >= 15 is 0 Å². The second kappa shape index (κ2) is 6.84. The Hall–Kier alpha value is -2.41. The van der Waals surface area contributed by atoms with E-state index in [1.165, 1.54) is 22.7 Å². The largest absolute Gasteiger partial charge is 0.326 e. The predicted molar refractivity (Wildman–Crippen MR) is 95.7 cm³/mol. The Morgan fingerprint density at radius 3 is 2.76 bits per heavy atom. The molecule has 1 aliphatic rings. The molecule has 0 aliphatic carbocycles. The summed E-state index contributed by atoms with van der Waals surface area (Å²) in [5, 5.41) is 2.77. The molecule has 0 aromatic heterocycles. The van der Waals surface area contributed by atoms with Crippen LogP contribution in [-0.2, 0) is 27.7 Å². The van der Waals surface area contributed by atoms with E-state index in [-0.39, 0.29) is 18.1 Å². The number of hydrogen-bond acceptors (Lipinski definition) is 3. The van der Waals surface area contributed by atoms with Gasteiger partial charge >= 0.3 is 0 Å². The average molecular weight is 362 g/mol. The second-order valence-corrected chi connectivity index (χ2v) is 8.01. The zero-order valence-electron chi connectivity index (χ0n) is 13.8. The number of carbonyl (C=O) groups is 1. The van der Waals surface area contributed by atoms with Gasteiger partial charge in [0.2, 0.25) is 15.9 Å². The van der Waals surface area contributed by atoms with Crippen molar-refractivity contribution in [1.82, 2.24) is 0 Å². The highest BCUT2D eigenvalue weighted by atomic mass is 32.2. The van der Waals surface area contributed by atoms with Crippen LogP contribution < -0.4 is 9.62 Å². The van der Waals surface area contributed by atoms with Gasteiger partial charge in [-0.1, -0.05) is 18.2 Å². The summed E-state index contributed by atoms with van der Waals surface area (Å²) >= 11 is 0. The van der Waals surface area contributed by atoms with Gasteiger partial charge in [-0.15, -0.1) is 0 Å². The molecule has 1 amide bonds. The topological polar surface area (TPSA) is 66.5 Å². The molecule has 0 saturated heterocycles. The molecule has 1 heterocycles. The van der Waals surface area contributed by atoms with Gasteiger partial charge in [-0.25, -0.2) is 12.8 Å². The third-order valence-electron chi connectivity index (χ3n) is 4.15. The van der Waals surface area contributed by atoms with E-state index in [0.29, 0.717) is 30.8 Å². The number of aryl methyl sites for hydroxylation is 1. The molecule has 0 fully saturated rings. The molecule has 0 bridgehead atoms. The van der Waals surface area contributed by atoms with Gasteiger partial charge in [-0.05, 0) is 48.2 Å². The lowest BCUT2D eigenvalue weighted by atomic mass is 10.1. The van der Waals surface area contributed by atoms with E-state index < -0.39 is 10.0 Å². The van der Waals surface area contributed by atoms with Crippen molar-refractivity contribution in [2.75, 3.05) is 22.4 Å². The fourth-order valence-corrected chi connectivity index (χ4v) is 3.90. The number of rotatable bonds is 5. The van der Waals surface area contributed by atoms with E-state index in [0.717, 1.165) is 11.1 Å². The number of sulfonamides is 1. The smallest absolute Gasteiger partial charge is 0.232 e. The summed E-state index contributed by atoms with van der Waals surface area (Å²) < 4.78 is 38.1. The van der Waals surface area contributed by atoms with Gasteiger partial charge in [0.15, 0.2) is 0 Å². The second-order valence-electron chi connectivity index (χ2n) is 6.11. The lowest BCUT2D eigenvalue weighted by Crippen LogP contribution is -2.27. The lowest BCUT2D eigenvalue weighted by molar-refractivity contribution is -0.116. The first-order chi connectivity index (χ1) is 11.8. The molecule has 0 spiro atoms. The Balaban J connectivity index is 1.66. The van der Waals surface area contributed by atoms with E-state index in [2.05, 4.69) is 5.32 Å². The number of fused-ring (bicyclic) bond motifs is 1. The van der Waals surface area contributed by atoms with Gasteiger partial charge in [0, 0.05) is 18.7 Å². The van der Waals surface area contributed by atoms with E-state index in [9.17, 15) is 17.6 Å². The van der Waals surface area contributed by atoms with Crippen molar-refractivity contribution in [2.45, 2.75) is 19.3 Å². The van der Waals surface area contributed by atoms with Crippen LogP contribution in [0.3, 0.4) is 0 Å². The number of nitrogens with one attached hydrogen (secondary N) is 1. The Morgan fingerprint density at radius 2 is 2.04 bits per heavy atom. The number of amides is 1. The summed E-state index contributed by atoms with van der Waals surface area (Å²) in [7, 11) is -3.33. The van der Waals surface area contributed by atoms with E-state index in [1.807, 2.05) is 6.07 Å². The van der Waals surface area contributed by atoms with Crippen LogP contribution in [-0.4, -0.2) is 27.1 Å². The van der Waals surface area contributed by atoms with Gasteiger partial charge < -0.3 is 5.32 Å². The molecule has 132 valence electrons. The van der Waals surface area contributed by atoms with Crippen LogP contribution >= 0.6 is 0 Å². The molecule has 2 aromatic rings. The number of halogens is 1. The van der Waals surface area contributed by atoms with Crippen molar-refractivity contribution in [3.63, 3.8) is 0 Å². The van der Waals surface area contributed by atoms with Crippen molar-refractivity contribution in [2.24, 2.45) is 0 Å². The Labute approximate surface area is 146 Å². The molecule has 0 atom stereocenters. The third-order valence-corrected chi connectivity index (χ3v) is 5.33. The zero-order chi connectivity index (χ0) is 18.0. The van der Waals surface area contributed by atoms with E-state index in [4.69, 9.17) is 0 Å². The molecule has 1 aliphatic heterocycles. The molecule has 1 N–H and O–H groups in total. The molecular formula is C18H19FN2O3S. The summed E-state index contributed by atoms with van der Waals surface area (Å²) in [4.78, 5) is 12.1. The summed E-state index contributed by atoms with van der Waals surface area (Å²) in [6.45, 7) is 0.422. The Kier molecular flexibility index (Phi) is 4.76. The van der Waals surface area contributed by atoms with E-state index in [1.54, 1.807) is 24.3 Å². The van der Waals surface area contributed by atoms with Crippen LogP contribution in [0.4, 0.5) is 15.8 Å². The standard InChI is InChI=1S/C18H19FN2O3S/c1-25(23,24)21-10-9-14-6-7-16(12-17(14)21)20-18(22)8-5-13-3-2-4-15(19)11-13/h2-4,6-7,11-12H,5,8-10H2,1H3,(H,20,22). The zero-order valence-corrected chi connectivity index (χ0v) is 14.6. The van der Waals surface area contributed by atoms with Crippen LogP contribution in [0, 0.1) is 5.82 Å². The lowest BCUT2D eigenvalue weighted by Gasteiger charge is -2.17. The van der Waals surface area contributed by atoms with Gasteiger partial charge in [0.25, 0.3) is 0 Å². The fraction of sp³-hybridized carbons (Fsp3) is 0.278. The number of nitrogens with zero attached hydrogens (tertiary/aromatic N) is 1. The molecule has 7 heteroatoms. The molecule has 0 saturated carbocycles. The summed E-state index contributed by atoms with van der Waals surface area (Å²) in [5.41, 5.74) is 2.87. The van der Waals surface area contributed by atoms with Crippen LogP contribution in [0.15, 0.2) is 42.5 Å². The van der Waals surface area contributed by atoms with Gasteiger partial charge in [-0.3, -0.25) is 9.10 Å². The minimum atomic E-state index is -3.33. The maximum atomic E-state index is 13.1. The molecule has 3 rings (SSSR count). The number of carbonyl (C=O) groups excluding carboxylic acids is 1. The fourth-order valence-electron chi connectivity index (χ4n) is 2.95. The maximum absolute atomic E-state index is 13.1. The highest BCUT2D eigenvalue weighted by Gasteiger charge is 2.26. The van der Waals surface area contributed by atoms with Crippen LogP contribution in [0.25, 0.3) is 0 Å². The van der Waals surface area contributed by atoms with Crippen molar-refractivity contribution in [1.29, 1.82) is 0 Å². The first kappa shape index (κ1) is 17.4. The maximum Gasteiger partial charge on any atom is 0.232 e. The highest BCUT2D eigenvalue weighted by Crippen LogP contribution is 2.32. The van der Waals surface area contributed by atoms with Crippen molar-refractivity contribution in [3.8, 4) is 0 Å². The predicted octanol–water partition coefficient (Wildman–Crippen LogP) is 2.72. The minimum Gasteiger partial charge on any atom is -0.326 e. The Morgan fingerprint density at radius 1 is 1.24 bits per heavy atom. The van der Waals surface area contributed by atoms with Gasteiger partial charge in [0.1, 0.15) is 5.82 Å². The third kappa shape index (κ3) is 4.17. The molecule has 2 aromatic carbocycles. The normalized spacial score (nSPS) is 13.6. The monoisotopic (exact) mass is 362 g/mol. The molecule has 25 heavy (non-hydrogen) atoms. The van der Waals surface area contributed by atoms with Gasteiger partial charge in [-0.2, -0.15) is 0 Å². The quantitative estimate of drug-likeness (QED) is 0.889. The molecule has 0 unspecified atom stereocenters. The van der Waals surface area contributed by atoms with Gasteiger partial charge in [0.05, 0.1) is 11.9 Å². The summed E-state index contributed by atoms with van der Waals surface area (Å²) in [6.07, 6.45) is 2.49. The first-order valence-corrected chi connectivity index (χ1v) is 9.83. The van der Waals surface area contributed by atoms with Crippen molar-refractivity contribution in [3.05, 3.63) is 59.4 Å². The molecule has 0 radical (unpaired) electrons. The number of hydrogen-bond donors (Lipinski definition) is 1. The summed E-state index contributed by atoms with van der Waals surface area (Å²) in [6, 6.07) is 11.4. The first-order valence-electron chi connectivity index (χ1n) is 7.98. The SMILES string of the molecule is CS(=O)(=O)N1CCc2ccc(NC(=O)CCc3cccc(F)c3)cc21. The Bertz CT molecular complexity index is 912. The van der Waals surface area contributed by atoms with Crippen LogP contribution in [0.5, 0.6) is 0 Å². The molecule has 5 nitrogen and oxygen atoms in total. The summed E-state index contributed by atoms with van der Waals surface area (Å²) in [5.74, 6) is -0.523.